The highest BCUT2D eigenvalue weighted by Crippen LogP contribution is 2.25. The monoisotopic (exact) mass is 327 g/mol. The minimum Gasteiger partial charge on any atom is -0.360 e. The number of rotatable bonds is 4. The first-order chi connectivity index (χ1) is 11.5. The molecule has 1 atom stereocenters. The fraction of sp³-hybridized carbons (Fsp3) is 0.312. The van der Waals surface area contributed by atoms with Crippen LogP contribution in [0.5, 0.6) is 0 Å². The lowest BCUT2D eigenvalue weighted by Gasteiger charge is -2.17. The first-order valence-electron chi connectivity index (χ1n) is 7.62. The molecule has 1 aliphatic heterocycles. The average molecular weight is 327 g/mol. The number of hydrogen-bond acceptors (Lipinski definition) is 6. The third-order valence-corrected chi connectivity index (χ3v) is 3.90. The van der Waals surface area contributed by atoms with Crippen molar-refractivity contribution in [2.45, 2.75) is 19.4 Å². The van der Waals surface area contributed by atoms with E-state index in [1.807, 2.05) is 0 Å². The molecule has 2 aromatic heterocycles. The van der Waals surface area contributed by atoms with Crippen LogP contribution in [0.1, 0.15) is 22.5 Å². The van der Waals surface area contributed by atoms with E-state index in [0.717, 1.165) is 5.56 Å². The highest BCUT2D eigenvalue weighted by Gasteiger charge is 2.29. The summed E-state index contributed by atoms with van der Waals surface area (Å²) >= 11 is 0. The SMILES string of the molecule is Cc1cnc(N[C@@H]2CCN(C(=O)c3ccccn3)C2)c([N+](=O)[O-])c1. The Morgan fingerprint density at radius 2 is 2.25 bits per heavy atom. The molecule has 8 heteroatoms. The van der Waals surface area contributed by atoms with E-state index in [0.29, 0.717) is 25.2 Å². The predicted octanol–water partition coefficient (Wildman–Crippen LogP) is 2.02. The van der Waals surface area contributed by atoms with Crippen molar-refractivity contribution in [3.05, 3.63) is 58.0 Å². The number of carbonyl (C=O) groups is 1. The van der Waals surface area contributed by atoms with Crippen LogP contribution in [0.25, 0.3) is 0 Å². The second kappa shape index (κ2) is 6.61. The second-order valence-corrected chi connectivity index (χ2v) is 5.73. The molecule has 3 rings (SSSR count). The highest BCUT2D eigenvalue weighted by molar-refractivity contribution is 5.92. The number of aryl methyl sites for hydroxylation is 1. The van der Waals surface area contributed by atoms with E-state index < -0.39 is 4.92 Å². The molecule has 124 valence electrons. The van der Waals surface area contributed by atoms with Gasteiger partial charge in [0.1, 0.15) is 5.69 Å². The Morgan fingerprint density at radius 1 is 1.42 bits per heavy atom. The molecule has 0 radical (unpaired) electrons. The van der Waals surface area contributed by atoms with Gasteiger partial charge in [0.05, 0.1) is 4.92 Å². The molecule has 0 unspecified atom stereocenters. The Kier molecular flexibility index (Phi) is 4.37. The van der Waals surface area contributed by atoms with Gasteiger partial charge < -0.3 is 10.2 Å². The summed E-state index contributed by atoms with van der Waals surface area (Å²) in [6, 6.07) is 6.61. The number of hydrogen-bond donors (Lipinski definition) is 1. The number of likely N-dealkylation sites (tertiary alicyclic amines) is 1. The topological polar surface area (TPSA) is 101 Å². The Bertz CT molecular complexity index is 766. The number of aromatic nitrogens is 2. The van der Waals surface area contributed by atoms with Crippen LogP contribution in [0.15, 0.2) is 36.7 Å². The molecule has 1 saturated heterocycles. The molecule has 1 amide bonds. The van der Waals surface area contributed by atoms with Crippen LogP contribution in [0.3, 0.4) is 0 Å². The van der Waals surface area contributed by atoms with Crippen LogP contribution < -0.4 is 5.32 Å². The number of nitrogens with zero attached hydrogens (tertiary/aromatic N) is 4. The summed E-state index contributed by atoms with van der Waals surface area (Å²) < 4.78 is 0. The summed E-state index contributed by atoms with van der Waals surface area (Å²) in [4.78, 5) is 33.0. The zero-order chi connectivity index (χ0) is 17.1. The molecular weight excluding hydrogens is 310 g/mol. The van der Waals surface area contributed by atoms with Crippen molar-refractivity contribution >= 4 is 17.4 Å². The van der Waals surface area contributed by atoms with Crippen molar-refractivity contribution in [2.24, 2.45) is 0 Å². The van der Waals surface area contributed by atoms with E-state index in [2.05, 4.69) is 15.3 Å². The van der Waals surface area contributed by atoms with Gasteiger partial charge in [0, 0.05) is 37.6 Å². The van der Waals surface area contributed by atoms with Crippen LogP contribution in [-0.2, 0) is 0 Å². The van der Waals surface area contributed by atoms with Crippen LogP contribution in [0.4, 0.5) is 11.5 Å². The quantitative estimate of drug-likeness (QED) is 0.681. The molecule has 1 aliphatic rings. The highest BCUT2D eigenvalue weighted by atomic mass is 16.6. The van der Waals surface area contributed by atoms with Gasteiger partial charge >= 0.3 is 5.69 Å². The number of amides is 1. The van der Waals surface area contributed by atoms with Gasteiger partial charge in [-0.1, -0.05) is 6.07 Å². The van der Waals surface area contributed by atoms with Crippen molar-refractivity contribution in [3.63, 3.8) is 0 Å². The minimum absolute atomic E-state index is 0.0514. The lowest BCUT2D eigenvalue weighted by atomic mass is 10.2. The smallest absolute Gasteiger partial charge is 0.311 e. The standard InChI is InChI=1S/C16H17N5O3/c1-11-8-14(21(23)24)15(18-9-11)19-12-5-7-20(10-12)16(22)13-4-2-3-6-17-13/h2-4,6,8-9,12H,5,7,10H2,1H3,(H,18,19)/t12-/m1/s1. The van der Waals surface area contributed by atoms with Crippen LogP contribution >= 0.6 is 0 Å². The maximum absolute atomic E-state index is 12.4. The molecule has 0 bridgehead atoms. The molecule has 2 aromatic rings. The first-order valence-corrected chi connectivity index (χ1v) is 7.62. The Morgan fingerprint density at radius 3 is 2.96 bits per heavy atom. The number of pyridine rings is 2. The van der Waals surface area contributed by atoms with Crippen molar-refractivity contribution in [1.82, 2.24) is 14.9 Å². The summed E-state index contributed by atoms with van der Waals surface area (Å²) in [7, 11) is 0. The lowest BCUT2D eigenvalue weighted by molar-refractivity contribution is -0.384. The van der Waals surface area contributed by atoms with E-state index in [-0.39, 0.29) is 23.5 Å². The van der Waals surface area contributed by atoms with Gasteiger partial charge in [-0.2, -0.15) is 0 Å². The lowest BCUT2D eigenvalue weighted by Crippen LogP contribution is -2.32. The third kappa shape index (κ3) is 3.32. The van der Waals surface area contributed by atoms with Gasteiger partial charge in [-0.15, -0.1) is 0 Å². The normalized spacial score (nSPS) is 16.9. The first kappa shape index (κ1) is 15.9. The molecule has 3 heterocycles. The zero-order valence-corrected chi connectivity index (χ0v) is 13.2. The maximum atomic E-state index is 12.4. The van der Waals surface area contributed by atoms with E-state index in [1.165, 1.54) is 6.07 Å². The summed E-state index contributed by atoms with van der Waals surface area (Å²) in [6.07, 6.45) is 3.87. The maximum Gasteiger partial charge on any atom is 0.311 e. The van der Waals surface area contributed by atoms with E-state index in [1.54, 1.807) is 42.4 Å². The van der Waals surface area contributed by atoms with Crippen molar-refractivity contribution < 1.29 is 9.72 Å². The van der Waals surface area contributed by atoms with Gasteiger partial charge in [0.25, 0.3) is 5.91 Å². The van der Waals surface area contributed by atoms with Crippen LogP contribution in [0, 0.1) is 17.0 Å². The molecule has 8 nitrogen and oxygen atoms in total. The number of nitro groups is 1. The minimum atomic E-state index is -0.450. The van der Waals surface area contributed by atoms with E-state index in [4.69, 9.17) is 0 Å². The Hall–Kier alpha value is -3.03. The molecule has 1 fully saturated rings. The van der Waals surface area contributed by atoms with E-state index in [9.17, 15) is 14.9 Å². The molecule has 0 aliphatic carbocycles. The van der Waals surface area contributed by atoms with Crippen molar-refractivity contribution in [1.29, 1.82) is 0 Å². The Labute approximate surface area is 138 Å². The van der Waals surface area contributed by atoms with Crippen LogP contribution in [-0.4, -0.2) is 44.8 Å². The van der Waals surface area contributed by atoms with Gasteiger partial charge in [-0.25, -0.2) is 4.98 Å². The molecule has 24 heavy (non-hydrogen) atoms. The van der Waals surface area contributed by atoms with Crippen molar-refractivity contribution in [3.8, 4) is 0 Å². The molecular formula is C16H17N5O3. The summed E-state index contributed by atoms with van der Waals surface area (Å²) in [5, 5.41) is 14.2. The van der Waals surface area contributed by atoms with Crippen molar-refractivity contribution in [2.75, 3.05) is 18.4 Å². The summed E-state index contributed by atoms with van der Waals surface area (Å²) in [5.41, 5.74) is 1.08. The summed E-state index contributed by atoms with van der Waals surface area (Å²) in [5.74, 6) is 0.106. The van der Waals surface area contributed by atoms with Crippen LogP contribution in [0.2, 0.25) is 0 Å². The van der Waals surface area contributed by atoms with Gasteiger partial charge in [0.2, 0.25) is 5.82 Å². The second-order valence-electron chi connectivity index (χ2n) is 5.73. The Balaban J connectivity index is 1.69. The van der Waals surface area contributed by atoms with Gasteiger partial charge in [-0.05, 0) is 31.0 Å². The van der Waals surface area contributed by atoms with Gasteiger partial charge in [-0.3, -0.25) is 19.9 Å². The molecule has 0 saturated carbocycles. The number of nitrogens with one attached hydrogen (secondary N) is 1. The predicted molar refractivity (Wildman–Crippen MR) is 87.8 cm³/mol. The fourth-order valence-electron chi connectivity index (χ4n) is 2.71. The largest absolute Gasteiger partial charge is 0.360 e. The van der Waals surface area contributed by atoms with Gasteiger partial charge in [0.15, 0.2) is 0 Å². The molecule has 0 aromatic carbocycles. The molecule has 1 N–H and O–H groups in total. The number of anilines is 1. The summed E-state index contributed by atoms with van der Waals surface area (Å²) in [6.45, 7) is 2.79. The fourth-order valence-corrected chi connectivity index (χ4v) is 2.71. The third-order valence-electron chi connectivity index (χ3n) is 3.90. The van der Waals surface area contributed by atoms with E-state index >= 15 is 0 Å². The zero-order valence-electron chi connectivity index (χ0n) is 13.2. The number of carbonyl (C=O) groups excluding carboxylic acids is 1. The average Bonchev–Trinajstić information content (AvgIpc) is 3.05. The molecule has 0 spiro atoms.